The van der Waals surface area contributed by atoms with Crippen LogP contribution in [0.2, 0.25) is 0 Å². The summed E-state index contributed by atoms with van der Waals surface area (Å²) in [5, 5.41) is 0. The molecule has 1 aliphatic heterocycles. The van der Waals surface area contributed by atoms with Crippen LogP contribution in [0.3, 0.4) is 0 Å². The Hall–Kier alpha value is -1.06. The first-order chi connectivity index (χ1) is 10.1. The Kier molecular flexibility index (Phi) is 6.07. The Labute approximate surface area is 130 Å². The standard InChI is InChI=1S/C18H31N3/c1-4-17(19)14-16-7-8-18(13-15(16)2)20(3)11-12-21-9-5-6-10-21/h7-8,13,17H,4-6,9-12,14,19H2,1-3H3. The van der Waals surface area contributed by atoms with Gasteiger partial charge in [-0.1, -0.05) is 13.0 Å². The smallest absolute Gasteiger partial charge is 0.0366 e. The van der Waals surface area contributed by atoms with E-state index in [1.807, 2.05) is 0 Å². The van der Waals surface area contributed by atoms with Gasteiger partial charge >= 0.3 is 0 Å². The highest BCUT2D eigenvalue weighted by Gasteiger charge is 2.12. The van der Waals surface area contributed by atoms with E-state index in [0.29, 0.717) is 0 Å². The number of aryl methyl sites for hydroxylation is 1. The maximum atomic E-state index is 6.07. The van der Waals surface area contributed by atoms with Crippen LogP contribution < -0.4 is 10.6 Å². The average Bonchev–Trinajstić information content (AvgIpc) is 3.00. The number of rotatable bonds is 7. The second-order valence-corrected chi connectivity index (χ2v) is 6.45. The highest BCUT2D eigenvalue weighted by Crippen LogP contribution is 2.20. The molecule has 0 saturated carbocycles. The third-order valence-electron chi connectivity index (χ3n) is 4.72. The van der Waals surface area contributed by atoms with E-state index in [0.717, 1.165) is 19.4 Å². The second-order valence-electron chi connectivity index (χ2n) is 6.45. The van der Waals surface area contributed by atoms with E-state index >= 15 is 0 Å². The van der Waals surface area contributed by atoms with E-state index in [1.165, 1.54) is 49.3 Å². The Balaban J connectivity index is 1.91. The summed E-state index contributed by atoms with van der Waals surface area (Å²) >= 11 is 0. The van der Waals surface area contributed by atoms with Gasteiger partial charge in [0.2, 0.25) is 0 Å². The number of anilines is 1. The van der Waals surface area contributed by atoms with Gasteiger partial charge < -0.3 is 15.5 Å². The quantitative estimate of drug-likeness (QED) is 0.838. The van der Waals surface area contributed by atoms with Gasteiger partial charge in [0.15, 0.2) is 0 Å². The van der Waals surface area contributed by atoms with Crippen molar-refractivity contribution in [3.05, 3.63) is 29.3 Å². The van der Waals surface area contributed by atoms with Gasteiger partial charge in [0.05, 0.1) is 0 Å². The van der Waals surface area contributed by atoms with Crippen molar-refractivity contribution in [3.8, 4) is 0 Å². The molecule has 1 aliphatic rings. The highest BCUT2D eigenvalue weighted by molar-refractivity contribution is 5.50. The number of nitrogens with zero attached hydrogens (tertiary/aromatic N) is 2. The molecule has 2 N–H and O–H groups in total. The lowest BCUT2D eigenvalue weighted by Crippen LogP contribution is -2.31. The lowest BCUT2D eigenvalue weighted by molar-refractivity contribution is 0.346. The summed E-state index contributed by atoms with van der Waals surface area (Å²) in [6.07, 6.45) is 4.77. The molecule has 2 rings (SSSR count). The molecule has 3 heteroatoms. The van der Waals surface area contributed by atoms with Crippen LogP contribution in [-0.4, -0.2) is 44.2 Å². The van der Waals surface area contributed by atoms with Crippen LogP contribution in [0.5, 0.6) is 0 Å². The topological polar surface area (TPSA) is 32.5 Å². The summed E-state index contributed by atoms with van der Waals surface area (Å²) in [5.74, 6) is 0. The van der Waals surface area contributed by atoms with Crippen LogP contribution in [0.1, 0.15) is 37.3 Å². The maximum absolute atomic E-state index is 6.07. The number of hydrogen-bond donors (Lipinski definition) is 1. The molecule has 0 spiro atoms. The first kappa shape index (κ1) is 16.3. The zero-order valence-corrected chi connectivity index (χ0v) is 13.9. The summed E-state index contributed by atoms with van der Waals surface area (Å²) in [5.41, 5.74) is 10.1. The summed E-state index contributed by atoms with van der Waals surface area (Å²) in [6, 6.07) is 7.09. The molecule has 0 aromatic heterocycles. The van der Waals surface area contributed by atoms with Crippen molar-refractivity contribution in [1.29, 1.82) is 0 Å². The van der Waals surface area contributed by atoms with Gasteiger partial charge in [-0.05, 0) is 69.0 Å². The third-order valence-corrected chi connectivity index (χ3v) is 4.72. The van der Waals surface area contributed by atoms with Crippen molar-refractivity contribution in [2.24, 2.45) is 5.73 Å². The van der Waals surface area contributed by atoms with Gasteiger partial charge in [-0.25, -0.2) is 0 Å². The number of benzene rings is 1. The second kappa shape index (κ2) is 7.81. The predicted octanol–water partition coefficient (Wildman–Crippen LogP) is 2.81. The zero-order chi connectivity index (χ0) is 15.2. The van der Waals surface area contributed by atoms with Gasteiger partial charge in [-0.2, -0.15) is 0 Å². The van der Waals surface area contributed by atoms with Gasteiger partial charge in [0.25, 0.3) is 0 Å². The monoisotopic (exact) mass is 289 g/mol. The Morgan fingerprint density at radius 2 is 2.00 bits per heavy atom. The van der Waals surface area contributed by atoms with Crippen LogP contribution in [-0.2, 0) is 6.42 Å². The number of hydrogen-bond acceptors (Lipinski definition) is 3. The molecule has 0 aliphatic carbocycles. The average molecular weight is 289 g/mol. The van der Waals surface area contributed by atoms with Crippen LogP contribution in [0, 0.1) is 6.92 Å². The fraction of sp³-hybridized carbons (Fsp3) is 0.667. The lowest BCUT2D eigenvalue weighted by Gasteiger charge is -2.24. The summed E-state index contributed by atoms with van der Waals surface area (Å²) in [4.78, 5) is 4.94. The molecular weight excluding hydrogens is 258 g/mol. The first-order valence-electron chi connectivity index (χ1n) is 8.38. The third kappa shape index (κ3) is 4.72. The summed E-state index contributed by atoms with van der Waals surface area (Å²) in [7, 11) is 2.20. The van der Waals surface area contributed by atoms with Gasteiger partial charge in [0, 0.05) is 31.9 Å². The zero-order valence-electron chi connectivity index (χ0n) is 13.9. The van der Waals surface area contributed by atoms with E-state index in [9.17, 15) is 0 Å². The normalized spacial score (nSPS) is 17.1. The van der Waals surface area contributed by atoms with E-state index in [1.54, 1.807) is 0 Å². The molecule has 0 radical (unpaired) electrons. The Morgan fingerprint density at radius 1 is 1.29 bits per heavy atom. The van der Waals surface area contributed by atoms with E-state index in [2.05, 4.69) is 48.9 Å². The fourth-order valence-corrected chi connectivity index (χ4v) is 3.00. The minimum absolute atomic E-state index is 0.280. The number of likely N-dealkylation sites (tertiary alicyclic amines) is 1. The van der Waals surface area contributed by atoms with Crippen molar-refractivity contribution in [2.75, 3.05) is 38.1 Å². The van der Waals surface area contributed by atoms with Gasteiger partial charge in [-0.3, -0.25) is 0 Å². The lowest BCUT2D eigenvalue weighted by atomic mass is 9.99. The van der Waals surface area contributed by atoms with Crippen LogP contribution in [0.4, 0.5) is 5.69 Å². The maximum Gasteiger partial charge on any atom is 0.0366 e. The summed E-state index contributed by atoms with van der Waals surface area (Å²) in [6.45, 7) is 9.20. The Morgan fingerprint density at radius 3 is 2.62 bits per heavy atom. The molecule has 1 saturated heterocycles. The molecule has 0 amide bonds. The van der Waals surface area contributed by atoms with E-state index in [-0.39, 0.29) is 6.04 Å². The molecule has 21 heavy (non-hydrogen) atoms. The molecule has 118 valence electrons. The van der Waals surface area contributed by atoms with Crippen LogP contribution in [0.25, 0.3) is 0 Å². The van der Waals surface area contributed by atoms with Crippen molar-refractivity contribution < 1.29 is 0 Å². The Bertz CT molecular complexity index is 438. The van der Waals surface area contributed by atoms with Crippen LogP contribution in [0.15, 0.2) is 18.2 Å². The molecule has 3 nitrogen and oxygen atoms in total. The fourth-order valence-electron chi connectivity index (χ4n) is 3.00. The van der Waals surface area contributed by atoms with Gasteiger partial charge in [-0.15, -0.1) is 0 Å². The van der Waals surface area contributed by atoms with Gasteiger partial charge in [0.1, 0.15) is 0 Å². The van der Waals surface area contributed by atoms with Crippen molar-refractivity contribution >= 4 is 5.69 Å². The minimum Gasteiger partial charge on any atom is -0.373 e. The molecule has 1 aromatic rings. The molecular formula is C18H31N3. The first-order valence-corrected chi connectivity index (χ1v) is 8.38. The van der Waals surface area contributed by atoms with Crippen molar-refractivity contribution in [3.63, 3.8) is 0 Å². The molecule has 1 aromatic carbocycles. The van der Waals surface area contributed by atoms with Crippen molar-refractivity contribution in [1.82, 2.24) is 4.90 Å². The molecule has 0 bridgehead atoms. The number of nitrogens with two attached hydrogens (primary N) is 1. The van der Waals surface area contributed by atoms with E-state index in [4.69, 9.17) is 5.73 Å². The van der Waals surface area contributed by atoms with E-state index < -0.39 is 0 Å². The van der Waals surface area contributed by atoms with Crippen LogP contribution >= 0.6 is 0 Å². The summed E-state index contributed by atoms with van der Waals surface area (Å²) < 4.78 is 0. The molecule has 1 atom stereocenters. The molecule has 1 fully saturated rings. The molecule has 1 unspecified atom stereocenters. The molecule has 1 heterocycles. The van der Waals surface area contributed by atoms with Crippen molar-refractivity contribution in [2.45, 2.75) is 45.6 Å². The minimum atomic E-state index is 0.280. The highest BCUT2D eigenvalue weighted by atomic mass is 15.2. The largest absolute Gasteiger partial charge is 0.373 e. The predicted molar refractivity (Wildman–Crippen MR) is 92.1 cm³/mol. The number of likely N-dealkylation sites (N-methyl/N-ethyl adjacent to an activating group) is 1. The SMILES string of the molecule is CCC(N)Cc1ccc(N(C)CCN2CCCC2)cc1C.